The minimum Gasteiger partial charge on any atom is -0.260 e. The standard InChI is InChI=1S/C7H6N3/c1-5-2-6-4-9-10-7(6)8-3-5/h2-3H,1H3,(H,8,9,10). The van der Waals surface area contributed by atoms with Crippen molar-refractivity contribution >= 4 is 11.0 Å². The molecule has 0 saturated carbocycles. The Balaban J connectivity index is 2.86. The van der Waals surface area contributed by atoms with Crippen LogP contribution in [0.15, 0.2) is 12.3 Å². The van der Waals surface area contributed by atoms with E-state index in [1.165, 1.54) is 0 Å². The van der Waals surface area contributed by atoms with E-state index in [0.717, 1.165) is 16.6 Å². The molecular weight excluding hydrogens is 126 g/mol. The first-order valence-corrected chi connectivity index (χ1v) is 3.05. The fourth-order valence-corrected chi connectivity index (χ4v) is 0.885. The highest BCUT2D eigenvalue weighted by molar-refractivity contribution is 5.73. The normalized spacial score (nSPS) is 10.5. The summed E-state index contributed by atoms with van der Waals surface area (Å²) in [7, 11) is 0. The van der Waals surface area contributed by atoms with Gasteiger partial charge in [-0.1, -0.05) is 0 Å². The van der Waals surface area contributed by atoms with Crippen LogP contribution in [-0.2, 0) is 0 Å². The molecule has 2 aromatic heterocycles. The van der Waals surface area contributed by atoms with Crippen molar-refractivity contribution in [2.75, 3.05) is 0 Å². The van der Waals surface area contributed by atoms with Gasteiger partial charge in [-0.15, -0.1) is 0 Å². The Labute approximate surface area is 58.1 Å². The molecule has 0 fully saturated rings. The Hall–Kier alpha value is -1.38. The predicted molar refractivity (Wildman–Crippen MR) is 37.5 cm³/mol. The Morgan fingerprint density at radius 3 is 3.40 bits per heavy atom. The van der Waals surface area contributed by atoms with Gasteiger partial charge < -0.3 is 0 Å². The van der Waals surface area contributed by atoms with E-state index in [1.807, 2.05) is 13.0 Å². The first-order valence-electron chi connectivity index (χ1n) is 3.05. The molecule has 2 aromatic rings. The van der Waals surface area contributed by atoms with Gasteiger partial charge in [0.15, 0.2) is 5.65 Å². The summed E-state index contributed by atoms with van der Waals surface area (Å²) in [6, 6.07) is 1.99. The lowest BCUT2D eigenvalue weighted by Crippen LogP contribution is -1.77. The summed E-state index contributed by atoms with van der Waals surface area (Å²) in [5.41, 5.74) is 1.93. The topological polar surface area (TPSA) is 41.6 Å². The van der Waals surface area contributed by atoms with E-state index in [-0.39, 0.29) is 0 Å². The second-order valence-electron chi connectivity index (χ2n) is 2.24. The molecule has 0 saturated heterocycles. The summed E-state index contributed by atoms with van der Waals surface area (Å²) in [6.45, 7) is 1.99. The zero-order valence-electron chi connectivity index (χ0n) is 5.55. The predicted octanol–water partition coefficient (Wildman–Crippen LogP) is 1.07. The van der Waals surface area contributed by atoms with E-state index in [2.05, 4.69) is 21.4 Å². The van der Waals surface area contributed by atoms with Gasteiger partial charge in [-0.05, 0) is 18.6 Å². The van der Waals surface area contributed by atoms with E-state index in [9.17, 15) is 0 Å². The largest absolute Gasteiger partial charge is 0.260 e. The van der Waals surface area contributed by atoms with Crippen LogP contribution in [0.3, 0.4) is 0 Å². The second kappa shape index (κ2) is 1.80. The maximum absolute atomic E-state index is 4.09. The minimum atomic E-state index is 0.797. The molecule has 2 rings (SSSR count). The van der Waals surface area contributed by atoms with Crippen LogP contribution in [0.1, 0.15) is 5.56 Å². The summed E-state index contributed by atoms with van der Waals surface area (Å²) in [6.07, 6.45) is 4.59. The monoisotopic (exact) mass is 132 g/mol. The molecule has 0 amide bonds. The highest BCUT2D eigenvalue weighted by Crippen LogP contribution is 2.07. The third-order valence-electron chi connectivity index (χ3n) is 1.36. The Bertz CT molecular complexity index is 350. The van der Waals surface area contributed by atoms with E-state index in [1.54, 1.807) is 6.20 Å². The molecule has 0 atom stereocenters. The quantitative estimate of drug-likeness (QED) is 0.582. The first-order chi connectivity index (χ1) is 4.86. The summed E-state index contributed by atoms with van der Waals surface area (Å²) in [5, 5.41) is 7.40. The van der Waals surface area contributed by atoms with Crippen LogP contribution in [-0.4, -0.2) is 15.2 Å². The second-order valence-corrected chi connectivity index (χ2v) is 2.24. The molecule has 49 valence electrons. The number of aromatic amines is 1. The fraction of sp³-hybridized carbons (Fsp3) is 0.143. The molecule has 0 bridgehead atoms. The van der Waals surface area contributed by atoms with Crippen molar-refractivity contribution in [3.63, 3.8) is 0 Å². The smallest absolute Gasteiger partial charge is 0.155 e. The molecular formula is C7H6N3. The highest BCUT2D eigenvalue weighted by Gasteiger charge is 1.94. The van der Waals surface area contributed by atoms with Crippen LogP contribution in [0, 0.1) is 13.1 Å². The molecule has 3 nitrogen and oxygen atoms in total. The number of pyridine rings is 1. The van der Waals surface area contributed by atoms with Gasteiger partial charge in [0.2, 0.25) is 0 Å². The van der Waals surface area contributed by atoms with Crippen molar-refractivity contribution in [1.82, 2.24) is 15.2 Å². The summed E-state index contributed by atoms with van der Waals surface area (Å²) < 4.78 is 0. The number of rotatable bonds is 0. The number of hydrogen-bond donors (Lipinski definition) is 1. The molecule has 2 heterocycles. The lowest BCUT2D eigenvalue weighted by Gasteiger charge is -1.88. The van der Waals surface area contributed by atoms with Gasteiger partial charge in [0.25, 0.3) is 0 Å². The molecule has 0 aliphatic carbocycles. The molecule has 1 N–H and O–H groups in total. The molecule has 0 aliphatic rings. The molecule has 1 radical (unpaired) electrons. The van der Waals surface area contributed by atoms with Crippen molar-refractivity contribution in [1.29, 1.82) is 0 Å². The number of nitrogens with one attached hydrogen (secondary N) is 1. The Kier molecular flexibility index (Phi) is 0.974. The molecule has 3 heteroatoms. The first kappa shape index (κ1) is 5.41. The molecule has 0 aliphatic heterocycles. The van der Waals surface area contributed by atoms with Crippen molar-refractivity contribution in [2.24, 2.45) is 0 Å². The average molecular weight is 132 g/mol. The molecule has 0 unspecified atom stereocenters. The number of H-pyrrole nitrogens is 1. The van der Waals surface area contributed by atoms with E-state index in [0.29, 0.717) is 0 Å². The SMILES string of the molecule is Cc1cnc2[nH]n[c]c2c1. The number of fused-ring (bicyclic) bond motifs is 1. The van der Waals surface area contributed by atoms with Crippen molar-refractivity contribution in [3.05, 3.63) is 24.0 Å². The average Bonchev–Trinajstić information content (AvgIpc) is 2.33. The maximum atomic E-state index is 4.09. The van der Waals surface area contributed by atoms with Gasteiger partial charge in [0, 0.05) is 11.6 Å². The number of aryl methyl sites for hydroxylation is 1. The highest BCUT2D eigenvalue weighted by atomic mass is 15.1. The van der Waals surface area contributed by atoms with E-state index in [4.69, 9.17) is 0 Å². The van der Waals surface area contributed by atoms with Crippen LogP contribution in [0.2, 0.25) is 0 Å². The van der Waals surface area contributed by atoms with Crippen LogP contribution in [0.25, 0.3) is 11.0 Å². The van der Waals surface area contributed by atoms with Gasteiger partial charge in [-0.2, -0.15) is 5.10 Å². The molecule has 0 aromatic carbocycles. The minimum absolute atomic E-state index is 0.797. The van der Waals surface area contributed by atoms with Crippen LogP contribution in [0.5, 0.6) is 0 Å². The maximum Gasteiger partial charge on any atom is 0.155 e. The number of nitrogens with zero attached hydrogens (tertiary/aromatic N) is 2. The Morgan fingerprint density at radius 2 is 2.50 bits per heavy atom. The van der Waals surface area contributed by atoms with Crippen LogP contribution in [0.4, 0.5) is 0 Å². The third kappa shape index (κ3) is 0.673. The molecule has 0 spiro atoms. The van der Waals surface area contributed by atoms with Gasteiger partial charge in [-0.25, -0.2) is 4.98 Å². The third-order valence-corrected chi connectivity index (χ3v) is 1.36. The van der Waals surface area contributed by atoms with Crippen LogP contribution >= 0.6 is 0 Å². The Morgan fingerprint density at radius 1 is 1.60 bits per heavy atom. The summed E-state index contributed by atoms with van der Waals surface area (Å²) >= 11 is 0. The van der Waals surface area contributed by atoms with Gasteiger partial charge in [-0.3, -0.25) is 5.10 Å². The van der Waals surface area contributed by atoms with E-state index < -0.39 is 0 Å². The van der Waals surface area contributed by atoms with Gasteiger partial charge in [0.05, 0.1) is 0 Å². The number of hydrogen-bond acceptors (Lipinski definition) is 2. The fourth-order valence-electron chi connectivity index (χ4n) is 0.885. The van der Waals surface area contributed by atoms with Crippen molar-refractivity contribution in [3.8, 4) is 0 Å². The summed E-state index contributed by atoms with van der Waals surface area (Å²) in [4.78, 5) is 4.09. The zero-order chi connectivity index (χ0) is 6.97. The number of aromatic nitrogens is 3. The van der Waals surface area contributed by atoms with Crippen LogP contribution < -0.4 is 0 Å². The van der Waals surface area contributed by atoms with Gasteiger partial charge >= 0.3 is 0 Å². The molecule has 10 heavy (non-hydrogen) atoms. The zero-order valence-corrected chi connectivity index (χ0v) is 5.55. The lowest BCUT2D eigenvalue weighted by atomic mass is 10.3. The van der Waals surface area contributed by atoms with E-state index >= 15 is 0 Å². The van der Waals surface area contributed by atoms with Crippen molar-refractivity contribution < 1.29 is 0 Å². The lowest BCUT2D eigenvalue weighted by molar-refractivity contribution is 1.09. The van der Waals surface area contributed by atoms with Gasteiger partial charge in [0.1, 0.15) is 6.20 Å². The van der Waals surface area contributed by atoms with Crippen molar-refractivity contribution in [2.45, 2.75) is 6.92 Å². The summed E-state index contributed by atoms with van der Waals surface area (Å²) in [5.74, 6) is 0.